The molecule has 0 bridgehead atoms. The first-order valence-electron chi connectivity index (χ1n) is 6.38. The molecule has 0 fully saturated rings. The first-order valence-corrected chi connectivity index (χ1v) is 6.38. The van der Waals surface area contributed by atoms with Crippen LogP contribution in [0.3, 0.4) is 0 Å². The lowest BCUT2D eigenvalue weighted by molar-refractivity contribution is -0.384. The summed E-state index contributed by atoms with van der Waals surface area (Å²) in [6.45, 7) is -0.229. The van der Waals surface area contributed by atoms with E-state index in [4.69, 9.17) is 4.74 Å². The zero-order valence-corrected chi connectivity index (χ0v) is 11.2. The number of nitro benzene ring substituents is 1. The second kappa shape index (κ2) is 4.99. The van der Waals surface area contributed by atoms with Crippen molar-refractivity contribution in [2.75, 3.05) is 11.9 Å². The van der Waals surface area contributed by atoms with E-state index in [9.17, 15) is 20.0 Å². The van der Waals surface area contributed by atoms with Crippen LogP contribution in [0.15, 0.2) is 42.6 Å². The van der Waals surface area contributed by atoms with E-state index in [2.05, 4.69) is 10.3 Å². The van der Waals surface area contributed by atoms with Gasteiger partial charge in [0.25, 0.3) is 5.69 Å². The van der Waals surface area contributed by atoms with Gasteiger partial charge in [-0.05, 0) is 18.2 Å². The second-order valence-corrected chi connectivity index (χ2v) is 4.75. The fraction of sp³-hybridized carbons (Fsp3) is 0.143. The Balaban J connectivity index is 2.15. The molecule has 1 unspecified atom stereocenters. The summed E-state index contributed by atoms with van der Waals surface area (Å²) >= 11 is 0. The highest BCUT2D eigenvalue weighted by Gasteiger charge is 2.47. The largest absolute Gasteiger partial charge is 0.488 e. The van der Waals surface area contributed by atoms with E-state index >= 15 is 0 Å². The molecule has 2 N–H and O–H groups in total. The van der Waals surface area contributed by atoms with E-state index in [1.807, 2.05) is 0 Å². The lowest BCUT2D eigenvalue weighted by atomic mass is 9.93. The van der Waals surface area contributed by atoms with Crippen molar-refractivity contribution in [1.29, 1.82) is 0 Å². The van der Waals surface area contributed by atoms with Crippen LogP contribution in [0.25, 0.3) is 0 Å². The van der Waals surface area contributed by atoms with Gasteiger partial charge in [0, 0.05) is 12.3 Å². The maximum Gasteiger partial charge on any atom is 0.339 e. The van der Waals surface area contributed by atoms with E-state index < -0.39 is 16.4 Å². The molecule has 3 rings (SSSR count). The Labute approximate surface area is 124 Å². The molecular formula is C14H11N3O5. The predicted molar refractivity (Wildman–Crippen MR) is 75.8 cm³/mol. The molecule has 1 aliphatic rings. The van der Waals surface area contributed by atoms with Gasteiger partial charge in [-0.3, -0.25) is 15.1 Å². The Morgan fingerprint density at radius 3 is 2.82 bits per heavy atom. The molecule has 0 saturated heterocycles. The van der Waals surface area contributed by atoms with Crippen LogP contribution in [0.1, 0.15) is 5.69 Å². The summed E-state index contributed by atoms with van der Waals surface area (Å²) in [4.78, 5) is 26.4. The monoisotopic (exact) mass is 301 g/mol. The number of hydrogen-bond donors (Lipinski definition) is 2. The molecule has 8 nitrogen and oxygen atoms in total. The van der Waals surface area contributed by atoms with Gasteiger partial charge in [0.2, 0.25) is 5.54 Å². The molecule has 0 amide bonds. The van der Waals surface area contributed by atoms with Gasteiger partial charge in [-0.25, -0.2) is 4.79 Å². The van der Waals surface area contributed by atoms with Gasteiger partial charge in [-0.2, -0.15) is 0 Å². The van der Waals surface area contributed by atoms with E-state index in [-0.39, 0.29) is 29.4 Å². The van der Waals surface area contributed by atoms with Crippen LogP contribution in [0, 0.1) is 10.1 Å². The number of aromatic nitrogens is 1. The number of hydrogen-bond acceptors (Lipinski definition) is 6. The number of fused-ring (bicyclic) bond motifs is 1. The quantitative estimate of drug-likeness (QED) is 0.655. The van der Waals surface area contributed by atoms with Crippen molar-refractivity contribution in [3.8, 4) is 5.75 Å². The van der Waals surface area contributed by atoms with Crippen molar-refractivity contribution < 1.29 is 19.6 Å². The summed E-state index contributed by atoms with van der Waals surface area (Å²) in [5.41, 5.74) is -1.68. The smallest absolute Gasteiger partial charge is 0.339 e. The summed E-state index contributed by atoms with van der Waals surface area (Å²) in [5, 5.41) is 23.5. The number of aliphatic carboxylic acids is 1. The minimum absolute atomic E-state index is 0.0341. The van der Waals surface area contributed by atoms with Crippen molar-refractivity contribution in [3.63, 3.8) is 0 Å². The average Bonchev–Trinajstić information content (AvgIpc) is 2.54. The number of carboxylic acid groups (broad SMARTS) is 1. The Bertz CT molecular complexity index is 749. The molecule has 0 aliphatic carbocycles. The van der Waals surface area contributed by atoms with Gasteiger partial charge >= 0.3 is 5.97 Å². The highest BCUT2D eigenvalue weighted by atomic mass is 16.6. The Morgan fingerprint density at radius 2 is 2.18 bits per heavy atom. The van der Waals surface area contributed by atoms with Crippen molar-refractivity contribution in [3.05, 3.63) is 58.4 Å². The summed E-state index contributed by atoms with van der Waals surface area (Å²) < 4.78 is 5.46. The third kappa shape index (κ3) is 2.01. The van der Waals surface area contributed by atoms with Crippen LogP contribution in [-0.2, 0) is 10.3 Å². The Kier molecular flexibility index (Phi) is 3.13. The van der Waals surface area contributed by atoms with Crippen LogP contribution >= 0.6 is 0 Å². The van der Waals surface area contributed by atoms with Crippen LogP contribution in [0.4, 0.5) is 11.4 Å². The average molecular weight is 301 g/mol. The molecule has 1 aromatic heterocycles. The number of rotatable bonds is 3. The SMILES string of the molecule is O=C(O)C1(c2ccccn2)COc2cccc([N+](=O)[O-])c2N1. The number of pyridine rings is 1. The first-order chi connectivity index (χ1) is 10.5. The van der Waals surface area contributed by atoms with Gasteiger partial charge in [0.15, 0.2) is 5.69 Å². The van der Waals surface area contributed by atoms with Gasteiger partial charge in [0.05, 0.1) is 10.6 Å². The number of anilines is 1. The van der Waals surface area contributed by atoms with Gasteiger partial charge in [0.1, 0.15) is 12.4 Å². The predicted octanol–water partition coefficient (Wildman–Crippen LogP) is 1.77. The molecule has 0 saturated carbocycles. The number of nitrogens with one attached hydrogen (secondary N) is 1. The van der Waals surface area contributed by atoms with Crippen LogP contribution in [0.2, 0.25) is 0 Å². The van der Waals surface area contributed by atoms with Crippen molar-refractivity contribution in [1.82, 2.24) is 4.98 Å². The van der Waals surface area contributed by atoms with Gasteiger partial charge < -0.3 is 15.2 Å². The van der Waals surface area contributed by atoms with Gasteiger partial charge in [-0.15, -0.1) is 0 Å². The molecule has 8 heteroatoms. The molecule has 2 heterocycles. The molecule has 0 radical (unpaired) electrons. The maximum atomic E-state index is 11.8. The highest BCUT2D eigenvalue weighted by Crippen LogP contribution is 2.42. The number of nitrogens with zero attached hydrogens (tertiary/aromatic N) is 2. The number of carbonyl (C=O) groups is 1. The van der Waals surface area contributed by atoms with E-state index in [1.165, 1.54) is 24.4 Å². The molecule has 1 atom stereocenters. The topological polar surface area (TPSA) is 115 Å². The number of nitro groups is 1. The minimum Gasteiger partial charge on any atom is -0.488 e. The number of carboxylic acids is 1. The third-order valence-corrected chi connectivity index (χ3v) is 3.45. The lowest BCUT2D eigenvalue weighted by Gasteiger charge is -2.35. The van der Waals surface area contributed by atoms with Crippen molar-refractivity contribution >= 4 is 17.3 Å². The van der Waals surface area contributed by atoms with Crippen molar-refractivity contribution in [2.24, 2.45) is 0 Å². The van der Waals surface area contributed by atoms with E-state index in [0.29, 0.717) is 0 Å². The first kappa shape index (κ1) is 13.8. The molecule has 2 aromatic rings. The van der Waals surface area contributed by atoms with Crippen LogP contribution < -0.4 is 10.1 Å². The number of benzene rings is 1. The van der Waals surface area contributed by atoms with E-state index in [1.54, 1.807) is 18.2 Å². The normalized spacial score (nSPS) is 19.5. The third-order valence-electron chi connectivity index (χ3n) is 3.45. The zero-order chi connectivity index (χ0) is 15.7. The fourth-order valence-electron chi connectivity index (χ4n) is 2.33. The van der Waals surface area contributed by atoms with Gasteiger partial charge in [-0.1, -0.05) is 12.1 Å². The molecule has 112 valence electrons. The maximum absolute atomic E-state index is 11.8. The number of ether oxygens (including phenoxy) is 1. The number of para-hydroxylation sites is 1. The lowest BCUT2D eigenvalue weighted by Crippen LogP contribution is -2.51. The Hall–Kier alpha value is -3.16. The standard InChI is InChI=1S/C14H11N3O5/c18-13(19)14(11-6-1-2-7-15-11)8-22-10-5-3-4-9(17(20)21)12(10)16-14/h1-7,16H,8H2,(H,18,19). The highest BCUT2D eigenvalue weighted by molar-refractivity contribution is 5.88. The molecular weight excluding hydrogens is 290 g/mol. The van der Waals surface area contributed by atoms with Crippen LogP contribution in [0.5, 0.6) is 5.75 Å². The summed E-state index contributed by atoms with van der Waals surface area (Å²) in [6.07, 6.45) is 1.45. The molecule has 1 aliphatic heterocycles. The zero-order valence-electron chi connectivity index (χ0n) is 11.2. The second-order valence-electron chi connectivity index (χ2n) is 4.75. The summed E-state index contributed by atoms with van der Waals surface area (Å²) in [7, 11) is 0. The summed E-state index contributed by atoms with van der Waals surface area (Å²) in [6, 6.07) is 9.13. The minimum atomic E-state index is -1.68. The molecule has 22 heavy (non-hydrogen) atoms. The van der Waals surface area contributed by atoms with Crippen LogP contribution in [-0.4, -0.2) is 27.6 Å². The van der Waals surface area contributed by atoms with E-state index in [0.717, 1.165) is 0 Å². The molecule has 0 spiro atoms. The Morgan fingerprint density at radius 1 is 1.36 bits per heavy atom. The van der Waals surface area contributed by atoms with Crippen molar-refractivity contribution in [2.45, 2.75) is 5.54 Å². The fourth-order valence-corrected chi connectivity index (χ4v) is 2.33. The summed E-state index contributed by atoms with van der Waals surface area (Å²) in [5.74, 6) is -0.989. The molecule has 1 aromatic carbocycles.